The minimum atomic E-state index is -3.37. The molecule has 0 saturated carbocycles. The van der Waals surface area contributed by atoms with Crippen molar-refractivity contribution in [3.8, 4) is 0 Å². The highest BCUT2D eigenvalue weighted by Crippen LogP contribution is 2.00. The second-order valence-electron chi connectivity index (χ2n) is 5.64. The molecule has 26 heavy (non-hydrogen) atoms. The molecule has 0 spiro atoms. The van der Waals surface area contributed by atoms with Crippen LogP contribution in [-0.4, -0.2) is 39.8 Å². The van der Waals surface area contributed by atoms with E-state index in [1.165, 1.54) is 0 Å². The van der Waals surface area contributed by atoms with Crippen LogP contribution in [0.15, 0.2) is 58.1 Å². The summed E-state index contributed by atoms with van der Waals surface area (Å²) in [6, 6.07) is 13.2. The third kappa shape index (κ3) is 7.71. The van der Waals surface area contributed by atoms with Gasteiger partial charge in [0, 0.05) is 26.1 Å². The topological polar surface area (TPSA) is 95.7 Å². The molecular weight excluding hydrogens is 352 g/mol. The zero-order valence-electron chi connectivity index (χ0n) is 14.9. The fourth-order valence-electron chi connectivity index (χ4n) is 2.24. The molecule has 0 radical (unpaired) electrons. The Hall–Kier alpha value is -2.32. The summed E-state index contributed by atoms with van der Waals surface area (Å²) >= 11 is 0. The fourth-order valence-corrected chi connectivity index (χ4v) is 3.10. The number of nitrogens with one attached hydrogen (secondary N) is 3. The standard InChI is InChI=1S/C18H26N4O3S/c1-2-19-18(20-11-10-17-9-6-13-25-17)21-12-14-26(23,24)22-15-16-7-4-3-5-8-16/h3-9,13,22H,2,10-12,14-15H2,1H3,(H2,19,20,21). The lowest BCUT2D eigenvalue weighted by atomic mass is 10.2. The number of furan rings is 1. The molecule has 2 rings (SSSR count). The largest absolute Gasteiger partial charge is 0.469 e. The summed E-state index contributed by atoms with van der Waals surface area (Å²) in [6.07, 6.45) is 2.37. The predicted molar refractivity (Wildman–Crippen MR) is 103 cm³/mol. The van der Waals surface area contributed by atoms with E-state index in [0.29, 0.717) is 19.0 Å². The maximum Gasteiger partial charge on any atom is 0.213 e. The molecule has 0 fully saturated rings. The smallest absolute Gasteiger partial charge is 0.213 e. The highest BCUT2D eigenvalue weighted by Gasteiger charge is 2.09. The van der Waals surface area contributed by atoms with Gasteiger partial charge in [-0.15, -0.1) is 0 Å². The molecule has 0 aliphatic rings. The molecule has 0 amide bonds. The Kier molecular flexibility index (Phi) is 8.17. The van der Waals surface area contributed by atoms with Gasteiger partial charge in [-0.2, -0.15) is 0 Å². The first-order chi connectivity index (χ1) is 12.6. The Labute approximate surface area is 155 Å². The van der Waals surface area contributed by atoms with Gasteiger partial charge < -0.3 is 15.1 Å². The Morgan fingerprint density at radius 3 is 2.62 bits per heavy atom. The highest BCUT2D eigenvalue weighted by atomic mass is 32.2. The maximum absolute atomic E-state index is 12.1. The van der Waals surface area contributed by atoms with Crippen LogP contribution in [0, 0.1) is 0 Å². The van der Waals surface area contributed by atoms with Gasteiger partial charge in [0.05, 0.1) is 18.6 Å². The third-order valence-corrected chi connectivity index (χ3v) is 4.86. The van der Waals surface area contributed by atoms with Gasteiger partial charge in [-0.1, -0.05) is 30.3 Å². The minimum absolute atomic E-state index is 0.0609. The van der Waals surface area contributed by atoms with Crippen molar-refractivity contribution >= 4 is 16.0 Å². The lowest BCUT2D eigenvalue weighted by Gasteiger charge is -2.11. The molecule has 1 aromatic carbocycles. The van der Waals surface area contributed by atoms with Gasteiger partial charge in [0.25, 0.3) is 0 Å². The van der Waals surface area contributed by atoms with E-state index in [-0.39, 0.29) is 18.8 Å². The minimum Gasteiger partial charge on any atom is -0.469 e. The van der Waals surface area contributed by atoms with Crippen molar-refractivity contribution in [1.29, 1.82) is 0 Å². The highest BCUT2D eigenvalue weighted by molar-refractivity contribution is 7.89. The van der Waals surface area contributed by atoms with Crippen LogP contribution in [0.25, 0.3) is 0 Å². The molecule has 3 N–H and O–H groups in total. The van der Waals surface area contributed by atoms with Crippen LogP contribution in [0.2, 0.25) is 0 Å². The molecule has 0 aliphatic heterocycles. The molecular formula is C18H26N4O3S. The number of rotatable bonds is 10. The predicted octanol–water partition coefficient (Wildman–Crippen LogP) is 1.50. The zero-order valence-corrected chi connectivity index (χ0v) is 15.8. The van der Waals surface area contributed by atoms with E-state index >= 15 is 0 Å². The summed E-state index contributed by atoms with van der Waals surface area (Å²) in [4.78, 5) is 4.32. The van der Waals surface area contributed by atoms with E-state index in [9.17, 15) is 8.42 Å². The number of guanidine groups is 1. The van der Waals surface area contributed by atoms with E-state index in [1.807, 2.05) is 49.4 Å². The van der Waals surface area contributed by atoms with Crippen molar-refractivity contribution in [3.05, 3.63) is 60.1 Å². The molecule has 142 valence electrons. The van der Waals surface area contributed by atoms with Crippen LogP contribution in [0.5, 0.6) is 0 Å². The Bertz CT molecular complexity index is 759. The van der Waals surface area contributed by atoms with Crippen molar-refractivity contribution < 1.29 is 12.8 Å². The number of nitrogens with zero attached hydrogens (tertiary/aromatic N) is 1. The summed E-state index contributed by atoms with van der Waals surface area (Å²) in [6.45, 7) is 3.78. The van der Waals surface area contributed by atoms with Crippen LogP contribution in [0.3, 0.4) is 0 Å². The lowest BCUT2D eigenvalue weighted by Crippen LogP contribution is -2.39. The molecule has 0 atom stereocenters. The summed E-state index contributed by atoms with van der Waals surface area (Å²) in [5.41, 5.74) is 0.924. The Balaban J connectivity index is 1.76. The fraction of sp³-hybridized carbons (Fsp3) is 0.389. The van der Waals surface area contributed by atoms with Crippen LogP contribution in [0.4, 0.5) is 0 Å². The summed E-state index contributed by atoms with van der Waals surface area (Å²) in [5.74, 6) is 1.42. The van der Waals surface area contributed by atoms with E-state index in [1.54, 1.807) is 6.26 Å². The Morgan fingerprint density at radius 1 is 1.12 bits per heavy atom. The van der Waals surface area contributed by atoms with Gasteiger partial charge in [0.1, 0.15) is 5.76 Å². The summed E-state index contributed by atoms with van der Waals surface area (Å²) < 4.78 is 32.0. The second-order valence-corrected chi connectivity index (χ2v) is 7.57. The number of sulfonamides is 1. The normalized spacial score (nSPS) is 12.1. The molecule has 2 aromatic rings. The first kappa shape index (κ1) is 20.0. The van der Waals surface area contributed by atoms with E-state index in [0.717, 1.165) is 17.7 Å². The van der Waals surface area contributed by atoms with Gasteiger partial charge >= 0.3 is 0 Å². The molecule has 1 aromatic heterocycles. The van der Waals surface area contributed by atoms with Gasteiger partial charge in [-0.05, 0) is 24.6 Å². The van der Waals surface area contributed by atoms with Crippen molar-refractivity contribution in [2.75, 3.05) is 25.4 Å². The number of hydrogen-bond acceptors (Lipinski definition) is 4. The molecule has 8 heteroatoms. The number of benzene rings is 1. The van der Waals surface area contributed by atoms with Crippen molar-refractivity contribution in [2.24, 2.45) is 4.99 Å². The monoisotopic (exact) mass is 378 g/mol. The van der Waals surface area contributed by atoms with E-state index in [2.05, 4.69) is 20.3 Å². The van der Waals surface area contributed by atoms with Crippen LogP contribution in [-0.2, 0) is 23.0 Å². The van der Waals surface area contributed by atoms with Gasteiger partial charge in [0.15, 0.2) is 5.96 Å². The van der Waals surface area contributed by atoms with E-state index < -0.39 is 10.0 Å². The average molecular weight is 378 g/mol. The molecule has 1 heterocycles. The number of aliphatic imine (C=N–C) groups is 1. The van der Waals surface area contributed by atoms with E-state index in [4.69, 9.17) is 4.42 Å². The molecule has 0 saturated heterocycles. The van der Waals surface area contributed by atoms with Crippen LogP contribution < -0.4 is 15.4 Å². The molecule has 0 unspecified atom stereocenters. The lowest BCUT2D eigenvalue weighted by molar-refractivity contribution is 0.507. The second kappa shape index (κ2) is 10.6. The SMILES string of the molecule is CCNC(=NCCS(=O)(=O)NCc1ccccc1)NCCc1ccco1. The molecule has 0 aliphatic carbocycles. The molecule has 7 nitrogen and oxygen atoms in total. The van der Waals surface area contributed by atoms with Crippen LogP contribution in [0.1, 0.15) is 18.2 Å². The van der Waals surface area contributed by atoms with Crippen molar-refractivity contribution in [3.63, 3.8) is 0 Å². The van der Waals surface area contributed by atoms with Gasteiger partial charge in [0.2, 0.25) is 10.0 Å². The average Bonchev–Trinajstić information content (AvgIpc) is 3.14. The van der Waals surface area contributed by atoms with Gasteiger partial charge in [-0.25, -0.2) is 13.1 Å². The summed E-state index contributed by atoms with van der Waals surface area (Å²) in [5, 5.41) is 6.27. The number of hydrogen-bond donors (Lipinski definition) is 3. The quantitative estimate of drug-likeness (QED) is 0.430. The third-order valence-electron chi connectivity index (χ3n) is 3.56. The van der Waals surface area contributed by atoms with Crippen molar-refractivity contribution in [1.82, 2.24) is 15.4 Å². The van der Waals surface area contributed by atoms with Crippen molar-refractivity contribution in [2.45, 2.75) is 19.9 Å². The first-order valence-corrected chi connectivity index (χ1v) is 10.3. The maximum atomic E-state index is 12.1. The summed E-state index contributed by atoms with van der Waals surface area (Å²) in [7, 11) is -3.37. The first-order valence-electron chi connectivity index (χ1n) is 8.65. The Morgan fingerprint density at radius 2 is 1.92 bits per heavy atom. The van der Waals surface area contributed by atoms with Gasteiger partial charge in [-0.3, -0.25) is 4.99 Å². The van der Waals surface area contributed by atoms with Crippen LogP contribution >= 0.6 is 0 Å². The zero-order chi connectivity index (χ0) is 18.7. The molecule has 0 bridgehead atoms.